The topological polar surface area (TPSA) is 56.1 Å². The number of nitrogens with zero attached hydrogens (tertiary/aromatic N) is 2. The Morgan fingerprint density at radius 3 is 2.62 bits per heavy atom. The maximum absolute atomic E-state index is 11.0. The van der Waals surface area contributed by atoms with Crippen LogP contribution in [-0.2, 0) is 6.42 Å². The Kier molecular flexibility index (Phi) is 3.62. The van der Waals surface area contributed by atoms with Gasteiger partial charge in [0.25, 0.3) is 0 Å². The molecule has 1 unspecified atom stereocenters. The molecule has 0 saturated carbocycles. The lowest BCUT2D eigenvalue weighted by molar-refractivity contribution is -0.0148. The standard InChI is InChI=1S/C20H26N2O4/c1-24-14-10-13-16(20(26-3)19(14)25-2)12-6-8-21-7-4-5-11-9-15(23)22(13)18(12)17(11)21/h10-11,15,17,23H,4-9H2,1-3H3/t11-,15?,17-/m1/s1. The Morgan fingerprint density at radius 2 is 1.88 bits per heavy atom. The van der Waals surface area contributed by atoms with Crippen molar-refractivity contribution in [2.75, 3.05) is 34.4 Å². The van der Waals surface area contributed by atoms with Gasteiger partial charge in [0.05, 0.1) is 32.9 Å². The Morgan fingerprint density at radius 1 is 1.08 bits per heavy atom. The van der Waals surface area contributed by atoms with Gasteiger partial charge >= 0.3 is 0 Å². The molecule has 1 saturated heterocycles. The van der Waals surface area contributed by atoms with Crippen LogP contribution in [0, 0.1) is 5.92 Å². The van der Waals surface area contributed by atoms with Gasteiger partial charge in [-0.2, -0.15) is 0 Å². The van der Waals surface area contributed by atoms with Gasteiger partial charge < -0.3 is 23.9 Å². The minimum absolute atomic E-state index is 0.407. The monoisotopic (exact) mass is 358 g/mol. The molecule has 4 heterocycles. The molecule has 2 aromatic rings. The van der Waals surface area contributed by atoms with Crippen LogP contribution in [0.25, 0.3) is 10.9 Å². The number of aliphatic hydroxyl groups is 1. The van der Waals surface area contributed by atoms with Crippen LogP contribution in [0.2, 0.25) is 0 Å². The van der Waals surface area contributed by atoms with Crippen LogP contribution in [0.1, 0.15) is 42.8 Å². The minimum Gasteiger partial charge on any atom is -0.493 e. The average molecular weight is 358 g/mol. The quantitative estimate of drug-likeness (QED) is 0.914. The molecule has 6 heteroatoms. The Balaban J connectivity index is 1.87. The molecule has 1 N–H and O–H groups in total. The zero-order chi connectivity index (χ0) is 18.0. The summed E-state index contributed by atoms with van der Waals surface area (Å²) in [6, 6.07) is 2.40. The SMILES string of the molecule is COc1cc2c(c3c4n2C(O)C[C@H]2CCCN(CC3)[C@@H]42)c(OC)c1OC. The molecule has 3 aliphatic heterocycles. The first-order chi connectivity index (χ1) is 12.7. The molecule has 0 aliphatic carbocycles. The van der Waals surface area contributed by atoms with Crippen molar-refractivity contribution in [1.82, 2.24) is 9.47 Å². The lowest BCUT2D eigenvalue weighted by atomic mass is 9.78. The van der Waals surface area contributed by atoms with Crippen LogP contribution in [-0.4, -0.2) is 49.0 Å². The zero-order valence-electron chi connectivity index (χ0n) is 15.6. The maximum Gasteiger partial charge on any atom is 0.204 e. The molecule has 140 valence electrons. The number of hydrogen-bond donors (Lipinski definition) is 1. The van der Waals surface area contributed by atoms with Crippen LogP contribution < -0.4 is 14.2 Å². The second kappa shape index (κ2) is 5.79. The highest BCUT2D eigenvalue weighted by atomic mass is 16.5. The van der Waals surface area contributed by atoms with E-state index in [1.807, 2.05) is 6.07 Å². The molecular formula is C20H26N2O4. The third-order valence-corrected chi connectivity index (χ3v) is 6.54. The van der Waals surface area contributed by atoms with E-state index in [1.54, 1.807) is 21.3 Å². The number of piperidine rings is 1. The predicted octanol–water partition coefficient (Wildman–Crippen LogP) is 2.87. The fourth-order valence-corrected chi connectivity index (χ4v) is 5.60. The van der Waals surface area contributed by atoms with Crippen LogP contribution in [0.4, 0.5) is 0 Å². The van der Waals surface area contributed by atoms with E-state index in [9.17, 15) is 5.11 Å². The molecule has 3 aliphatic rings. The predicted molar refractivity (Wildman–Crippen MR) is 98.2 cm³/mol. The van der Waals surface area contributed by atoms with Crippen molar-refractivity contribution in [3.05, 3.63) is 17.3 Å². The Hall–Kier alpha value is -1.92. The number of ether oxygens (including phenoxy) is 3. The van der Waals surface area contributed by atoms with Gasteiger partial charge in [-0.1, -0.05) is 0 Å². The normalized spacial score (nSPS) is 27.3. The molecule has 6 nitrogen and oxygen atoms in total. The fraction of sp³-hybridized carbons (Fsp3) is 0.600. The fourth-order valence-electron chi connectivity index (χ4n) is 5.60. The lowest BCUT2D eigenvalue weighted by Crippen LogP contribution is -2.47. The second-order valence-corrected chi connectivity index (χ2v) is 7.62. The summed E-state index contributed by atoms with van der Waals surface area (Å²) in [5.41, 5.74) is 3.58. The lowest BCUT2D eigenvalue weighted by Gasteiger charge is -2.48. The smallest absolute Gasteiger partial charge is 0.204 e. The van der Waals surface area contributed by atoms with Crippen molar-refractivity contribution in [1.29, 1.82) is 0 Å². The van der Waals surface area contributed by atoms with Gasteiger partial charge in [0.1, 0.15) is 6.23 Å². The van der Waals surface area contributed by atoms with Crippen molar-refractivity contribution in [3.8, 4) is 17.2 Å². The molecule has 0 bridgehead atoms. The maximum atomic E-state index is 11.0. The number of fused-ring (bicyclic) bond motifs is 3. The van der Waals surface area contributed by atoms with E-state index in [1.165, 1.54) is 24.1 Å². The summed E-state index contributed by atoms with van der Waals surface area (Å²) in [7, 11) is 4.95. The molecule has 1 aromatic heterocycles. The molecule has 0 radical (unpaired) electrons. The first-order valence-corrected chi connectivity index (χ1v) is 9.47. The van der Waals surface area contributed by atoms with Crippen molar-refractivity contribution < 1.29 is 19.3 Å². The van der Waals surface area contributed by atoms with Gasteiger partial charge in [-0.15, -0.1) is 0 Å². The molecule has 5 rings (SSSR count). The van der Waals surface area contributed by atoms with Gasteiger partial charge in [0.2, 0.25) is 5.75 Å². The van der Waals surface area contributed by atoms with E-state index >= 15 is 0 Å². The van der Waals surface area contributed by atoms with Crippen molar-refractivity contribution in [2.24, 2.45) is 5.92 Å². The summed E-state index contributed by atoms with van der Waals surface area (Å²) in [4.78, 5) is 2.61. The molecule has 1 fully saturated rings. The van der Waals surface area contributed by atoms with E-state index in [0.29, 0.717) is 29.2 Å². The van der Waals surface area contributed by atoms with Gasteiger partial charge in [0, 0.05) is 23.7 Å². The highest BCUT2D eigenvalue weighted by molar-refractivity contribution is 5.96. The van der Waals surface area contributed by atoms with Gasteiger partial charge in [-0.3, -0.25) is 4.90 Å². The Bertz CT molecular complexity index is 875. The molecule has 1 aromatic carbocycles. The van der Waals surface area contributed by atoms with Crippen LogP contribution in [0.5, 0.6) is 17.2 Å². The van der Waals surface area contributed by atoms with E-state index in [4.69, 9.17) is 14.2 Å². The number of hydrogen-bond acceptors (Lipinski definition) is 5. The average Bonchev–Trinajstić information content (AvgIpc) is 3.00. The first-order valence-electron chi connectivity index (χ1n) is 9.47. The zero-order valence-corrected chi connectivity index (χ0v) is 15.6. The van der Waals surface area contributed by atoms with E-state index in [0.717, 1.165) is 36.8 Å². The number of methoxy groups -OCH3 is 3. The minimum atomic E-state index is -0.497. The van der Waals surface area contributed by atoms with Crippen LogP contribution >= 0.6 is 0 Å². The van der Waals surface area contributed by atoms with E-state index in [-0.39, 0.29) is 0 Å². The highest BCUT2D eigenvalue weighted by Gasteiger charge is 2.45. The van der Waals surface area contributed by atoms with Gasteiger partial charge in [-0.25, -0.2) is 0 Å². The summed E-state index contributed by atoms with van der Waals surface area (Å²) in [5.74, 6) is 2.51. The number of rotatable bonds is 3. The summed E-state index contributed by atoms with van der Waals surface area (Å²) >= 11 is 0. The van der Waals surface area contributed by atoms with Crippen molar-refractivity contribution in [2.45, 2.75) is 38.0 Å². The van der Waals surface area contributed by atoms with Crippen LogP contribution in [0.15, 0.2) is 6.07 Å². The summed E-state index contributed by atoms with van der Waals surface area (Å²) in [5, 5.41) is 12.1. The molecule has 26 heavy (non-hydrogen) atoms. The summed E-state index contributed by atoms with van der Waals surface area (Å²) in [6.45, 7) is 2.23. The number of benzene rings is 1. The van der Waals surface area contributed by atoms with Crippen molar-refractivity contribution in [3.63, 3.8) is 0 Å². The second-order valence-electron chi connectivity index (χ2n) is 7.62. The third kappa shape index (κ3) is 1.94. The third-order valence-electron chi connectivity index (χ3n) is 6.54. The van der Waals surface area contributed by atoms with E-state index < -0.39 is 6.23 Å². The van der Waals surface area contributed by atoms with Crippen LogP contribution in [0.3, 0.4) is 0 Å². The number of aromatic nitrogens is 1. The first kappa shape index (κ1) is 16.3. The summed E-state index contributed by atoms with van der Waals surface area (Å²) < 4.78 is 19.1. The number of aliphatic hydroxyl groups excluding tert-OH is 1. The molecule has 0 spiro atoms. The highest BCUT2D eigenvalue weighted by Crippen LogP contribution is 2.55. The largest absolute Gasteiger partial charge is 0.493 e. The van der Waals surface area contributed by atoms with Gasteiger partial charge in [-0.05, 0) is 43.7 Å². The summed E-state index contributed by atoms with van der Waals surface area (Å²) in [6.07, 6.45) is 3.72. The Labute approximate surface area is 153 Å². The van der Waals surface area contributed by atoms with Crippen molar-refractivity contribution >= 4 is 10.9 Å². The van der Waals surface area contributed by atoms with Gasteiger partial charge in [0.15, 0.2) is 11.5 Å². The molecule has 3 atom stereocenters. The molecule has 0 amide bonds. The molecular weight excluding hydrogens is 332 g/mol. The van der Waals surface area contributed by atoms with E-state index in [2.05, 4.69) is 9.47 Å².